The molecule has 23 heavy (non-hydrogen) atoms. The molecule has 1 aromatic heterocycles. The summed E-state index contributed by atoms with van der Waals surface area (Å²) in [6.07, 6.45) is 3.20. The molecule has 0 fully saturated rings. The number of nitrogens with one attached hydrogen (secondary N) is 1. The van der Waals surface area contributed by atoms with Gasteiger partial charge in [0.2, 0.25) is 5.91 Å². The fourth-order valence-electron chi connectivity index (χ4n) is 1.69. The van der Waals surface area contributed by atoms with Gasteiger partial charge in [0.25, 0.3) is 0 Å². The minimum atomic E-state index is -1.27. The maximum Gasteiger partial charge on any atom is 0.355 e. The molecule has 0 saturated heterocycles. The van der Waals surface area contributed by atoms with Gasteiger partial charge in [0.15, 0.2) is 0 Å². The number of carbonyl (C=O) groups excluding carboxylic acids is 2. The molecule has 0 aromatic carbocycles. The van der Waals surface area contributed by atoms with Crippen molar-refractivity contribution >= 4 is 31.6 Å². The van der Waals surface area contributed by atoms with E-state index in [1.807, 2.05) is 0 Å². The van der Waals surface area contributed by atoms with Crippen LogP contribution in [0.4, 0.5) is 5.69 Å². The minimum absolute atomic E-state index is 0.318. The molecule has 0 aliphatic rings. The van der Waals surface area contributed by atoms with Crippen molar-refractivity contribution in [3.05, 3.63) is 30.1 Å². The van der Waals surface area contributed by atoms with E-state index in [4.69, 9.17) is 9.84 Å². The van der Waals surface area contributed by atoms with Crippen LogP contribution in [0.1, 0.15) is 10.5 Å². The van der Waals surface area contributed by atoms with Crippen molar-refractivity contribution in [1.82, 2.24) is 4.57 Å². The summed E-state index contributed by atoms with van der Waals surface area (Å²) >= 11 is 0. The number of aliphatic carboxylic acids is 1. The number of carboxylic acids is 1. The monoisotopic (exact) mass is 338 g/mol. The number of anilines is 1. The standard InChI is InChI=1S/C15H22N2O5Si/c1-17-10-11(16-13(18)5-6-14(19)20)9-12(17)15(21)22-7-8-23(2,3)4/h5-6,9-10H,7-8H2,1-4H3,(H,16,18)(H,19,20)/b6-5-. The molecular formula is C15H22N2O5Si. The highest BCUT2D eigenvalue weighted by atomic mass is 28.3. The predicted octanol–water partition coefficient (Wildman–Crippen LogP) is 2.10. The molecule has 126 valence electrons. The third kappa shape index (κ3) is 6.96. The van der Waals surface area contributed by atoms with Crippen LogP contribution in [0, 0.1) is 0 Å². The molecular weight excluding hydrogens is 316 g/mol. The number of nitrogens with zero attached hydrogens (tertiary/aromatic N) is 1. The molecule has 7 nitrogen and oxygen atoms in total. The second-order valence-corrected chi connectivity index (χ2v) is 12.0. The summed E-state index contributed by atoms with van der Waals surface area (Å²) in [5.41, 5.74) is 0.711. The Morgan fingerprint density at radius 3 is 2.52 bits per heavy atom. The highest BCUT2D eigenvalue weighted by molar-refractivity contribution is 6.76. The number of amides is 1. The Morgan fingerprint density at radius 2 is 1.96 bits per heavy atom. The number of ether oxygens (including phenoxy) is 1. The van der Waals surface area contributed by atoms with Crippen LogP contribution >= 0.6 is 0 Å². The number of aryl methyl sites for hydroxylation is 1. The SMILES string of the molecule is Cn1cc(NC(=O)/C=C\C(=O)O)cc1C(=O)OCC[Si](C)(C)C. The normalized spacial score (nSPS) is 11.5. The summed E-state index contributed by atoms with van der Waals surface area (Å²) in [4.78, 5) is 33.9. The van der Waals surface area contributed by atoms with E-state index in [-0.39, 0.29) is 0 Å². The molecule has 1 aromatic rings. The zero-order chi connectivity index (χ0) is 17.6. The molecule has 8 heteroatoms. The van der Waals surface area contributed by atoms with Crippen molar-refractivity contribution in [2.24, 2.45) is 7.05 Å². The van der Waals surface area contributed by atoms with Gasteiger partial charge in [0.05, 0.1) is 12.3 Å². The molecule has 0 saturated carbocycles. The van der Waals surface area contributed by atoms with Crippen LogP contribution < -0.4 is 5.32 Å². The fraction of sp³-hybridized carbons (Fsp3) is 0.400. The fourth-order valence-corrected chi connectivity index (χ4v) is 2.41. The lowest BCUT2D eigenvalue weighted by Gasteiger charge is -2.15. The Morgan fingerprint density at radius 1 is 1.30 bits per heavy atom. The number of carbonyl (C=O) groups is 3. The molecule has 0 bridgehead atoms. The maximum absolute atomic E-state index is 12.0. The van der Waals surface area contributed by atoms with Gasteiger partial charge in [-0.05, 0) is 12.1 Å². The van der Waals surface area contributed by atoms with Gasteiger partial charge in [0, 0.05) is 33.5 Å². The predicted molar refractivity (Wildman–Crippen MR) is 89.3 cm³/mol. The van der Waals surface area contributed by atoms with E-state index in [1.54, 1.807) is 17.8 Å². The van der Waals surface area contributed by atoms with Crippen LogP contribution in [-0.4, -0.2) is 42.2 Å². The number of aromatic nitrogens is 1. The Bertz CT molecular complexity index is 628. The number of rotatable bonds is 7. The maximum atomic E-state index is 12.0. The van der Waals surface area contributed by atoms with Gasteiger partial charge in [-0.25, -0.2) is 9.59 Å². The molecule has 0 atom stereocenters. The molecule has 0 spiro atoms. The molecule has 1 amide bonds. The lowest BCUT2D eigenvalue weighted by molar-refractivity contribution is -0.131. The van der Waals surface area contributed by atoms with Gasteiger partial charge in [-0.1, -0.05) is 19.6 Å². The summed E-state index contributed by atoms with van der Waals surface area (Å²) in [7, 11) is 0.394. The highest BCUT2D eigenvalue weighted by Crippen LogP contribution is 2.15. The third-order valence-corrected chi connectivity index (χ3v) is 4.65. The van der Waals surface area contributed by atoms with E-state index in [0.29, 0.717) is 18.0 Å². The molecule has 1 rings (SSSR count). The average molecular weight is 338 g/mol. The highest BCUT2D eigenvalue weighted by Gasteiger charge is 2.17. The number of hydrogen-bond donors (Lipinski definition) is 2. The number of esters is 1. The second kappa shape index (κ2) is 7.77. The van der Waals surface area contributed by atoms with Crippen LogP contribution in [0.25, 0.3) is 0 Å². The third-order valence-electron chi connectivity index (χ3n) is 2.94. The van der Waals surface area contributed by atoms with Gasteiger partial charge in [-0.2, -0.15) is 0 Å². The summed E-state index contributed by atoms with van der Waals surface area (Å²) in [6, 6.07) is 2.37. The van der Waals surface area contributed by atoms with E-state index in [2.05, 4.69) is 25.0 Å². The Hall–Kier alpha value is -2.35. The summed E-state index contributed by atoms with van der Waals surface area (Å²) in [6.45, 7) is 6.97. The van der Waals surface area contributed by atoms with Crippen molar-refractivity contribution in [2.75, 3.05) is 11.9 Å². The van der Waals surface area contributed by atoms with Gasteiger partial charge in [-0.15, -0.1) is 0 Å². The van der Waals surface area contributed by atoms with Crippen molar-refractivity contribution in [3.8, 4) is 0 Å². The molecule has 2 N–H and O–H groups in total. The van der Waals surface area contributed by atoms with E-state index < -0.39 is 25.9 Å². The molecule has 0 unspecified atom stereocenters. The van der Waals surface area contributed by atoms with E-state index in [1.165, 1.54) is 6.07 Å². The molecule has 0 radical (unpaired) electrons. The first-order valence-electron chi connectivity index (χ1n) is 7.14. The molecule has 1 heterocycles. The van der Waals surface area contributed by atoms with Crippen LogP contribution in [0.5, 0.6) is 0 Å². The Labute approximate surface area is 135 Å². The van der Waals surface area contributed by atoms with Gasteiger partial charge in [-0.3, -0.25) is 4.79 Å². The smallest absolute Gasteiger partial charge is 0.355 e. The lowest BCUT2D eigenvalue weighted by atomic mass is 10.4. The van der Waals surface area contributed by atoms with Crippen LogP contribution in [-0.2, 0) is 21.4 Å². The minimum Gasteiger partial charge on any atom is -0.478 e. The van der Waals surface area contributed by atoms with Crippen LogP contribution in [0.3, 0.4) is 0 Å². The summed E-state index contributed by atoms with van der Waals surface area (Å²) in [5.74, 6) is -2.25. The molecule has 0 aliphatic heterocycles. The first-order chi connectivity index (χ1) is 10.6. The first kappa shape index (κ1) is 18.7. The van der Waals surface area contributed by atoms with E-state index >= 15 is 0 Å². The largest absolute Gasteiger partial charge is 0.478 e. The van der Waals surface area contributed by atoms with Crippen molar-refractivity contribution < 1.29 is 24.2 Å². The summed E-state index contributed by atoms with van der Waals surface area (Å²) < 4.78 is 6.80. The Balaban J connectivity index is 2.65. The van der Waals surface area contributed by atoms with Crippen LogP contribution in [0.15, 0.2) is 24.4 Å². The first-order valence-corrected chi connectivity index (χ1v) is 10.8. The quantitative estimate of drug-likeness (QED) is 0.451. The second-order valence-electron chi connectivity index (χ2n) is 6.33. The summed E-state index contributed by atoms with van der Waals surface area (Å²) in [5, 5.41) is 10.9. The Kier molecular flexibility index (Phi) is 6.32. The number of hydrogen-bond acceptors (Lipinski definition) is 4. The lowest BCUT2D eigenvalue weighted by Crippen LogP contribution is -2.23. The van der Waals surface area contributed by atoms with E-state index in [0.717, 1.165) is 18.2 Å². The van der Waals surface area contributed by atoms with Crippen molar-refractivity contribution in [3.63, 3.8) is 0 Å². The van der Waals surface area contributed by atoms with Crippen molar-refractivity contribution in [2.45, 2.75) is 25.7 Å². The van der Waals surface area contributed by atoms with Gasteiger partial charge < -0.3 is 19.7 Å². The van der Waals surface area contributed by atoms with Gasteiger partial charge in [0.1, 0.15) is 5.69 Å². The van der Waals surface area contributed by atoms with Crippen LogP contribution in [0.2, 0.25) is 25.7 Å². The van der Waals surface area contributed by atoms with E-state index in [9.17, 15) is 14.4 Å². The van der Waals surface area contributed by atoms with Gasteiger partial charge >= 0.3 is 11.9 Å². The topological polar surface area (TPSA) is 97.6 Å². The zero-order valence-electron chi connectivity index (χ0n) is 13.8. The molecule has 0 aliphatic carbocycles. The average Bonchev–Trinajstić information content (AvgIpc) is 2.75. The number of carboxylic acid groups (broad SMARTS) is 1. The zero-order valence-corrected chi connectivity index (χ0v) is 14.8. The van der Waals surface area contributed by atoms with Crippen molar-refractivity contribution in [1.29, 1.82) is 0 Å².